The first kappa shape index (κ1) is 7.71. The number of nitrogens with zero attached hydrogens (tertiary/aromatic N) is 2. The Balaban J connectivity index is 2.86. The first-order chi connectivity index (χ1) is 5.22. The maximum atomic E-state index is 11.7. The van der Waals surface area contributed by atoms with Crippen molar-refractivity contribution in [3.8, 4) is 0 Å². The molecule has 58 valence electrons. The van der Waals surface area contributed by atoms with Crippen LogP contribution in [0.2, 0.25) is 0 Å². The van der Waals surface area contributed by atoms with E-state index in [9.17, 15) is 13.6 Å². The molecule has 0 aliphatic rings. The van der Waals surface area contributed by atoms with Crippen LogP contribution < -0.4 is 0 Å². The first-order valence-corrected chi connectivity index (χ1v) is 2.81. The summed E-state index contributed by atoms with van der Waals surface area (Å²) >= 11 is 0. The van der Waals surface area contributed by atoms with E-state index < -0.39 is 18.0 Å². The maximum Gasteiger partial charge on any atom is 0.303 e. The lowest BCUT2D eigenvalue weighted by atomic mass is 10.4. The van der Waals surface area contributed by atoms with Crippen molar-refractivity contribution in [1.82, 2.24) is 9.97 Å². The van der Waals surface area contributed by atoms with Gasteiger partial charge >= 0.3 is 6.43 Å². The summed E-state index contributed by atoms with van der Waals surface area (Å²) in [6.45, 7) is 0. The highest BCUT2D eigenvalue weighted by Crippen LogP contribution is 2.00. The molecular weight excluding hydrogens is 154 g/mol. The zero-order chi connectivity index (χ0) is 8.27. The third-order valence-electron chi connectivity index (χ3n) is 0.984. The maximum absolute atomic E-state index is 11.7. The molecule has 0 aromatic carbocycles. The summed E-state index contributed by atoms with van der Waals surface area (Å²) in [4.78, 5) is 17.2. The summed E-state index contributed by atoms with van der Waals surface area (Å²) in [5, 5.41) is 0. The van der Waals surface area contributed by atoms with Crippen molar-refractivity contribution in [3.63, 3.8) is 0 Å². The van der Waals surface area contributed by atoms with Gasteiger partial charge in [0, 0.05) is 12.4 Å². The molecule has 0 radical (unpaired) electrons. The molecule has 0 bridgehead atoms. The number of carbonyl (C=O) groups excluding carboxylic acids is 1. The Morgan fingerprint density at radius 3 is 2.36 bits per heavy atom. The average Bonchev–Trinajstić information content (AvgIpc) is 2.05. The minimum Gasteiger partial charge on any atom is -0.284 e. The number of carbonyl (C=O) groups is 1. The van der Waals surface area contributed by atoms with E-state index in [1.54, 1.807) is 0 Å². The van der Waals surface area contributed by atoms with Crippen molar-refractivity contribution in [2.75, 3.05) is 0 Å². The molecule has 3 nitrogen and oxygen atoms in total. The molecule has 0 fully saturated rings. The van der Waals surface area contributed by atoms with E-state index in [-0.39, 0.29) is 0 Å². The summed E-state index contributed by atoms with van der Waals surface area (Å²) in [6, 6.07) is 1.45. The molecule has 1 heterocycles. The van der Waals surface area contributed by atoms with Crippen molar-refractivity contribution < 1.29 is 13.6 Å². The Morgan fingerprint density at radius 2 is 1.91 bits per heavy atom. The van der Waals surface area contributed by atoms with Crippen molar-refractivity contribution in [2.24, 2.45) is 0 Å². The van der Waals surface area contributed by atoms with E-state index in [0.717, 1.165) is 0 Å². The van der Waals surface area contributed by atoms with Crippen LogP contribution in [0.4, 0.5) is 8.78 Å². The molecule has 0 spiro atoms. The Kier molecular flexibility index (Phi) is 2.20. The van der Waals surface area contributed by atoms with E-state index in [1.807, 2.05) is 0 Å². The molecule has 0 N–H and O–H groups in total. The van der Waals surface area contributed by atoms with Gasteiger partial charge in [0.05, 0.1) is 0 Å². The highest BCUT2D eigenvalue weighted by Gasteiger charge is 2.19. The molecule has 0 saturated heterocycles. The fraction of sp³-hybridized carbons (Fsp3) is 0.167. The molecule has 1 aromatic rings. The summed E-state index contributed by atoms with van der Waals surface area (Å²) in [5.41, 5.74) is 0. The fourth-order valence-corrected chi connectivity index (χ4v) is 0.524. The van der Waals surface area contributed by atoms with Gasteiger partial charge in [-0.2, -0.15) is 0 Å². The predicted octanol–water partition coefficient (Wildman–Crippen LogP) is 0.924. The van der Waals surface area contributed by atoms with Crippen LogP contribution in [0.25, 0.3) is 0 Å². The van der Waals surface area contributed by atoms with Crippen LogP contribution >= 0.6 is 0 Å². The van der Waals surface area contributed by atoms with Gasteiger partial charge in [0.15, 0.2) is 0 Å². The van der Waals surface area contributed by atoms with Crippen LogP contribution in [0, 0.1) is 0 Å². The molecule has 0 atom stereocenters. The predicted molar refractivity (Wildman–Crippen MR) is 32.4 cm³/mol. The molecule has 1 rings (SSSR count). The highest BCUT2D eigenvalue weighted by molar-refractivity contribution is 5.94. The standard InChI is InChI=1S/C6H4F2N2O/c7-5(8)4(11)6-9-2-1-3-10-6/h1-3,5H. The van der Waals surface area contributed by atoms with Crippen molar-refractivity contribution in [2.45, 2.75) is 6.43 Å². The Morgan fingerprint density at radius 1 is 1.36 bits per heavy atom. The minimum absolute atomic E-state index is 0.442. The van der Waals surface area contributed by atoms with Gasteiger partial charge in [-0.25, -0.2) is 18.7 Å². The third-order valence-corrected chi connectivity index (χ3v) is 0.984. The Bertz CT molecular complexity index is 250. The van der Waals surface area contributed by atoms with Crippen molar-refractivity contribution >= 4 is 5.78 Å². The lowest BCUT2D eigenvalue weighted by Gasteiger charge is -1.94. The zero-order valence-electron chi connectivity index (χ0n) is 5.37. The van der Waals surface area contributed by atoms with Crippen LogP contribution in [-0.2, 0) is 0 Å². The number of Topliss-reactive ketones (excluding diaryl/α,β-unsaturated/α-hetero) is 1. The summed E-state index contributed by atoms with van der Waals surface area (Å²) < 4.78 is 23.4. The lowest BCUT2D eigenvalue weighted by molar-refractivity contribution is 0.0667. The zero-order valence-corrected chi connectivity index (χ0v) is 5.37. The van der Waals surface area contributed by atoms with Crippen LogP contribution in [0.1, 0.15) is 10.6 Å². The first-order valence-electron chi connectivity index (χ1n) is 2.81. The lowest BCUT2D eigenvalue weighted by Crippen LogP contribution is -2.13. The van der Waals surface area contributed by atoms with Crippen LogP contribution in [0.5, 0.6) is 0 Å². The van der Waals surface area contributed by atoms with Gasteiger partial charge in [-0.3, -0.25) is 4.79 Å². The van der Waals surface area contributed by atoms with Gasteiger partial charge in [-0.05, 0) is 6.07 Å². The summed E-state index contributed by atoms with van der Waals surface area (Å²) in [7, 11) is 0. The van der Waals surface area contributed by atoms with Gasteiger partial charge in [-0.15, -0.1) is 0 Å². The van der Waals surface area contributed by atoms with E-state index in [4.69, 9.17) is 0 Å². The largest absolute Gasteiger partial charge is 0.303 e. The van der Waals surface area contributed by atoms with Crippen LogP contribution in [-0.4, -0.2) is 22.2 Å². The second-order valence-electron chi connectivity index (χ2n) is 1.74. The number of ketones is 1. The number of hydrogen-bond acceptors (Lipinski definition) is 3. The molecule has 0 unspecified atom stereocenters. The molecule has 0 saturated carbocycles. The second-order valence-corrected chi connectivity index (χ2v) is 1.74. The fourth-order valence-electron chi connectivity index (χ4n) is 0.524. The minimum atomic E-state index is -3.03. The smallest absolute Gasteiger partial charge is 0.284 e. The number of aromatic nitrogens is 2. The van der Waals surface area contributed by atoms with E-state index in [2.05, 4.69) is 9.97 Å². The molecule has 11 heavy (non-hydrogen) atoms. The molecule has 0 amide bonds. The quantitative estimate of drug-likeness (QED) is 0.601. The molecular formula is C6H4F2N2O. The van der Waals surface area contributed by atoms with Crippen LogP contribution in [0.15, 0.2) is 18.5 Å². The SMILES string of the molecule is O=C(c1ncccn1)C(F)F. The van der Waals surface area contributed by atoms with Gasteiger partial charge < -0.3 is 0 Å². The van der Waals surface area contributed by atoms with Gasteiger partial charge in [0.25, 0.3) is 5.78 Å². The van der Waals surface area contributed by atoms with E-state index >= 15 is 0 Å². The number of alkyl halides is 2. The van der Waals surface area contributed by atoms with E-state index in [1.165, 1.54) is 18.5 Å². The van der Waals surface area contributed by atoms with E-state index in [0.29, 0.717) is 0 Å². The van der Waals surface area contributed by atoms with Gasteiger partial charge in [0.1, 0.15) is 0 Å². The average molecular weight is 158 g/mol. The Hall–Kier alpha value is -1.39. The van der Waals surface area contributed by atoms with Crippen molar-refractivity contribution in [3.05, 3.63) is 24.3 Å². The summed E-state index contributed by atoms with van der Waals surface area (Å²) in [5.74, 6) is -1.78. The molecule has 0 aliphatic carbocycles. The molecule has 5 heteroatoms. The second kappa shape index (κ2) is 3.14. The normalized spacial score (nSPS) is 10.1. The topological polar surface area (TPSA) is 42.9 Å². The van der Waals surface area contributed by atoms with Crippen molar-refractivity contribution in [1.29, 1.82) is 0 Å². The highest BCUT2D eigenvalue weighted by atomic mass is 19.3. The monoisotopic (exact) mass is 158 g/mol. The van der Waals surface area contributed by atoms with Gasteiger partial charge in [0.2, 0.25) is 5.82 Å². The van der Waals surface area contributed by atoms with Gasteiger partial charge in [-0.1, -0.05) is 0 Å². The summed E-state index contributed by atoms with van der Waals surface area (Å²) in [6.07, 6.45) is -0.553. The number of hydrogen-bond donors (Lipinski definition) is 0. The Labute approximate surface area is 61.1 Å². The third kappa shape index (κ3) is 1.76. The molecule has 0 aliphatic heterocycles. The number of halogens is 2. The van der Waals surface area contributed by atoms with Crippen LogP contribution in [0.3, 0.4) is 0 Å². The number of rotatable bonds is 2. The molecule has 1 aromatic heterocycles.